The highest BCUT2D eigenvalue weighted by Gasteiger charge is 2.34. The number of aryl methyl sites for hydroxylation is 1. The number of benzene rings is 1. The predicted molar refractivity (Wildman–Crippen MR) is 74.9 cm³/mol. The Morgan fingerprint density at radius 1 is 1.40 bits per heavy atom. The van der Waals surface area contributed by atoms with Crippen LogP contribution in [0, 0.1) is 6.92 Å². The maximum Gasteiger partial charge on any atom is 0.326 e. The minimum atomic E-state index is -0.542. The summed E-state index contributed by atoms with van der Waals surface area (Å²) in [6.45, 7) is 5.77. The van der Waals surface area contributed by atoms with Crippen LogP contribution in [0.1, 0.15) is 25.8 Å². The van der Waals surface area contributed by atoms with E-state index >= 15 is 0 Å². The highest BCUT2D eigenvalue weighted by Crippen LogP contribution is 2.35. The minimum absolute atomic E-state index is 0.0804. The van der Waals surface area contributed by atoms with Crippen molar-refractivity contribution in [2.75, 3.05) is 18.1 Å². The number of esters is 1. The van der Waals surface area contributed by atoms with Crippen LogP contribution < -0.4 is 9.64 Å². The largest absolute Gasteiger partial charge is 0.478 e. The molecule has 0 radical (unpaired) electrons. The van der Waals surface area contributed by atoms with Crippen LogP contribution in [0.25, 0.3) is 0 Å². The number of anilines is 1. The van der Waals surface area contributed by atoms with E-state index in [9.17, 15) is 9.59 Å². The fourth-order valence-corrected chi connectivity index (χ4v) is 2.19. The summed E-state index contributed by atoms with van der Waals surface area (Å²) in [7, 11) is 0. The van der Waals surface area contributed by atoms with Gasteiger partial charge in [-0.2, -0.15) is 0 Å². The molecule has 1 atom stereocenters. The first-order valence-electron chi connectivity index (χ1n) is 6.81. The minimum Gasteiger partial charge on any atom is -0.478 e. The van der Waals surface area contributed by atoms with Crippen LogP contribution in [0.5, 0.6) is 5.75 Å². The molecule has 0 saturated heterocycles. The quantitative estimate of drug-likeness (QED) is 0.790. The Balaban J connectivity index is 2.34. The van der Waals surface area contributed by atoms with E-state index in [1.165, 1.54) is 4.90 Å². The Morgan fingerprint density at radius 2 is 2.15 bits per heavy atom. The average molecular weight is 277 g/mol. The van der Waals surface area contributed by atoms with Crippen molar-refractivity contribution < 1.29 is 19.1 Å². The summed E-state index contributed by atoms with van der Waals surface area (Å²) in [4.78, 5) is 25.5. The average Bonchev–Trinajstić information content (AvgIpc) is 2.42. The molecule has 1 amide bonds. The fourth-order valence-electron chi connectivity index (χ4n) is 2.19. The molecule has 0 saturated carbocycles. The first kappa shape index (κ1) is 14.4. The summed E-state index contributed by atoms with van der Waals surface area (Å²) >= 11 is 0. The lowest BCUT2D eigenvalue weighted by Crippen LogP contribution is -2.48. The number of hydrogen-bond acceptors (Lipinski definition) is 4. The molecule has 1 aromatic rings. The number of carbonyl (C=O) groups is 2. The third kappa shape index (κ3) is 2.76. The van der Waals surface area contributed by atoms with Crippen molar-refractivity contribution in [3.05, 3.63) is 23.8 Å². The standard InChI is InChI=1S/C15H19NO4/c1-4-12-15(18)16(9-14(17)19-5-2)11-8-10(3)6-7-13(11)20-12/h6-8,12H,4-5,9H2,1-3H3. The van der Waals surface area contributed by atoms with Gasteiger partial charge in [-0.25, -0.2) is 0 Å². The number of ether oxygens (including phenoxy) is 2. The van der Waals surface area contributed by atoms with E-state index in [0.717, 1.165) is 5.56 Å². The Morgan fingerprint density at radius 3 is 2.80 bits per heavy atom. The molecule has 0 N–H and O–H groups in total. The van der Waals surface area contributed by atoms with Crippen LogP contribution in [0.15, 0.2) is 18.2 Å². The summed E-state index contributed by atoms with van der Waals surface area (Å²) in [6.07, 6.45) is 0.0190. The molecule has 1 aromatic carbocycles. The normalized spacial score (nSPS) is 17.4. The molecule has 1 heterocycles. The number of rotatable bonds is 4. The number of fused-ring (bicyclic) bond motifs is 1. The molecule has 0 aromatic heterocycles. The van der Waals surface area contributed by atoms with Gasteiger partial charge in [-0.05, 0) is 38.0 Å². The first-order valence-corrected chi connectivity index (χ1v) is 6.81. The van der Waals surface area contributed by atoms with Crippen molar-refractivity contribution in [1.82, 2.24) is 0 Å². The van der Waals surface area contributed by atoms with Gasteiger partial charge < -0.3 is 9.47 Å². The number of amides is 1. The van der Waals surface area contributed by atoms with E-state index in [1.807, 2.05) is 32.0 Å². The second kappa shape index (κ2) is 5.94. The molecule has 2 rings (SSSR count). The lowest BCUT2D eigenvalue weighted by Gasteiger charge is -2.33. The summed E-state index contributed by atoms with van der Waals surface area (Å²) in [6, 6.07) is 5.60. The Labute approximate surface area is 118 Å². The zero-order chi connectivity index (χ0) is 14.7. The highest BCUT2D eigenvalue weighted by atomic mass is 16.5. The van der Waals surface area contributed by atoms with Gasteiger partial charge in [-0.3, -0.25) is 14.5 Å². The zero-order valence-corrected chi connectivity index (χ0v) is 12.0. The topological polar surface area (TPSA) is 55.8 Å². The van der Waals surface area contributed by atoms with Gasteiger partial charge >= 0.3 is 5.97 Å². The van der Waals surface area contributed by atoms with Gasteiger partial charge in [-0.1, -0.05) is 13.0 Å². The van der Waals surface area contributed by atoms with Crippen molar-refractivity contribution in [2.24, 2.45) is 0 Å². The molecule has 0 aliphatic carbocycles. The van der Waals surface area contributed by atoms with Crippen LogP contribution in [-0.2, 0) is 14.3 Å². The molecule has 0 bridgehead atoms. The van der Waals surface area contributed by atoms with Gasteiger partial charge in [0.2, 0.25) is 0 Å². The fraction of sp³-hybridized carbons (Fsp3) is 0.467. The second-order valence-corrected chi connectivity index (χ2v) is 4.72. The number of carbonyl (C=O) groups excluding carboxylic acids is 2. The summed E-state index contributed by atoms with van der Waals surface area (Å²) in [5.74, 6) is 0.0232. The summed E-state index contributed by atoms with van der Waals surface area (Å²) < 4.78 is 10.6. The van der Waals surface area contributed by atoms with E-state index in [2.05, 4.69) is 0 Å². The van der Waals surface area contributed by atoms with Crippen LogP contribution >= 0.6 is 0 Å². The summed E-state index contributed by atoms with van der Waals surface area (Å²) in [5.41, 5.74) is 1.64. The lowest BCUT2D eigenvalue weighted by molar-refractivity contribution is -0.143. The third-order valence-corrected chi connectivity index (χ3v) is 3.18. The highest BCUT2D eigenvalue weighted by molar-refractivity contribution is 6.03. The smallest absolute Gasteiger partial charge is 0.326 e. The Bertz CT molecular complexity index is 527. The number of hydrogen-bond donors (Lipinski definition) is 0. The van der Waals surface area contributed by atoms with E-state index < -0.39 is 12.1 Å². The van der Waals surface area contributed by atoms with Crippen molar-refractivity contribution in [2.45, 2.75) is 33.3 Å². The maximum atomic E-state index is 12.4. The van der Waals surface area contributed by atoms with Crippen molar-refractivity contribution in [3.63, 3.8) is 0 Å². The SMILES string of the molecule is CCOC(=O)CN1C(=O)C(CC)Oc2ccc(C)cc21. The van der Waals surface area contributed by atoms with Crippen LogP contribution in [-0.4, -0.2) is 31.1 Å². The van der Waals surface area contributed by atoms with Gasteiger partial charge in [-0.15, -0.1) is 0 Å². The third-order valence-electron chi connectivity index (χ3n) is 3.18. The van der Waals surface area contributed by atoms with Crippen LogP contribution in [0.2, 0.25) is 0 Å². The number of nitrogens with zero attached hydrogens (tertiary/aromatic N) is 1. The summed E-state index contributed by atoms with van der Waals surface area (Å²) in [5, 5.41) is 0. The van der Waals surface area contributed by atoms with E-state index in [4.69, 9.17) is 9.47 Å². The van der Waals surface area contributed by atoms with Gasteiger partial charge in [0, 0.05) is 0 Å². The van der Waals surface area contributed by atoms with Crippen LogP contribution in [0.4, 0.5) is 5.69 Å². The molecule has 1 aliphatic heterocycles. The van der Waals surface area contributed by atoms with Crippen molar-refractivity contribution in [3.8, 4) is 5.75 Å². The van der Waals surface area contributed by atoms with Crippen molar-refractivity contribution >= 4 is 17.6 Å². The molecule has 108 valence electrons. The van der Waals surface area contributed by atoms with Gasteiger partial charge in [0.05, 0.1) is 12.3 Å². The molecular weight excluding hydrogens is 258 g/mol. The van der Waals surface area contributed by atoms with Gasteiger partial charge in [0.1, 0.15) is 12.3 Å². The second-order valence-electron chi connectivity index (χ2n) is 4.72. The molecule has 0 spiro atoms. The first-order chi connectivity index (χ1) is 9.56. The van der Waals surface area contributed by atoms with Gasteiger partial charge in [0.15, 0.2) is 6.10 Å². The molecule has 0 fully saturated rings. The van der Waals surface area contributed by atoms with Crippen molar-refractivity contribution in [1.29, 1.82) is 0 Å². The van der Waals surface area contributed by atoms with Gasteiger partial charge in [0.25, 0.3) is 5.91 Å². The molecular formula is C15H19NO4. The molecule has 1 unspecified atom stereocenters. The predicted octanol–water partition coefficient (Wildman–Crippen LogP) is 2.06. The molecule has 5 heteroatoms. The van der Waals surface area contributed by atoms with E-state index in [1.54, 1.807) is 6.92 Å². The van der Waals surface area contributed by atoms with Crippen LogP contribution in [0.3, 0.4) is 0 Å². The molecule has 1 aliphatic rings. The van der Waals surface area contributed by atoms with E-state index in [0.29, 0.717) is 24.5 Å². The zero-order valence-electron chi connectivity index (χ0n) is 12.0. The maximum absolute atomic E-state index is 12.4. The Kier molecular flexibility index (Phi) is 4.27. The molecule has 5 nitrogen and oxygen atoms in total. The van der Waals surface area contributed by atoms with E-state index in [-0.39, 0.29) is 12.5 Å². The lowest BCUT2D eigenvalue weighted by atomic mass is 10.1. The monoisotopic (exact) mass is 277 g/mol. The Hall–Kier alpha value is -2.04. The molecule has 20 heavy (non-hydrogen) atoms.